The maximum absolute atomic E-state index is 9.15. The fourth-order valence-corrected chi connectivity index (χ4v) is 1.89. The minimum atomic E-state index is -0.434. The molecular weight excluding hydrogens is 216 g/mol. The van der Waals surface area contributed by atoms with Crippen LogP contribution in [0.4, 0.5) is 5.69 Å². The van der Waals surface area contributed by atoms with Crippen LogP contribution >= 0.6 is 0 Å². The number of nitrogens with two attached hydrogens (primary N) is 1. The molecule has 0 aromatic carbocycles. The molecule has 17 heavy (non-hydrogen) atoms. The third-order valence-corrected chi connectivity index (χ3v) is 2.90. The summed E-state index contributed by atoms with van der Waals surface area (Å²) in [6.07, 6.45) is 1.97. The average molecular weight is 234 g/mol. The normalized spacial score (nSPS) is 13.0. The summed E-state index contributed by atoms with van der Waals surface area (Å²) in [4.78, 5) is 6.44. The van der Waals surface area contributed by atoms with Crippen molar-refractivity contribution in [2.75, 3.05) is 25.6 Å². The van der Waals surface area contributed by atoms with Crippen LogP contribution in [0, 0.1) is 6.92 Å². The molecule has 0 saturated heterocycles. The molecule has 5 nitrogen and oxygen atoms in total. The number of aliphatic hydroxyl groups excluding tert-OH is 1. The Morgan fingerprint density at radius 1 is 1.53 bits per heavy atom. The van der Waals surface area contributed by atoms with E-state index in [0.29, 0.717) is 0 Å². The molecule has 0 fully saturated rings. The first kappa shape index (κ1) is 11.9. The first-order chi connectivity index (χ1) is 8.04. The molecule has 0 spiro atoms. The van der Waals surface area contributed by atoms with Gasteiger partial charge in [-0.25, -0.2) is 4.98 Å². The molecule has 1 unspecified atom stereocenters. The molecule has 2 rings (SSSR count). The molecule has 2 aromatic rings. The molecule has 2 aromatic heterocycles. The minimum absolute atomic E-state index is 0.0989. The topological polar surface area (TPSA) is 66.8 Å². The lowest BCUT2D eigenvalue weighted by atomic mass is 10.2. The molecule has 0 amide bonds. The second-order valence-electron chi connectivity index (χ2n) is 4.37. The Morgan fingerprint density at radius 2 is 2.24 bits per heavy atom. The highest BCUT2D eigenvalue weighted by Crippen LogP contribution is 2.22. The van der Waals surface area contributed by atoms with Gasteiger partial charge in [-0.2, -0.15) is 0 Å². The van der Waals surface area contributed by atoms with Crippen LogP contribution in [0.2, 0.25) is 0 Å². The molecule has 5 heteroatoms. The van der Waals surface area contributed by atoms with Crippen LogP contribution in [0.1, 0.15) is 17.6 Å². The van der Waals surface area contributed by atoms with Crippen LogP contribution in [0.25, 0.3) is 5.52 Å². The summed E-state index contributed by atoms with van der Waals surface area (Å²) in [7, 11) is 3.97. The summed E-state index contributed by atoms with van der Waals surface area (Å²) in [5, 5.41) is 9.15. The van der Waals surface area contributed by atoms with Gasteiger partial charge in [0.1, 0.15) is 5.82 Å². The van der Waals surface area contributed by atoms with Gasteiger partial charge in [0.15, 0.2) is 0 Å². The highest BCUT2D eigenvalue weighted by atomic mass is 16.3. The number of fused-ring (bicyclic) bond motifs is 1. The molecule has 2 heterocycles. The maximum atomic E-state index is 9.15. The van der Waals surface area contributed by atoms with E-state index >= 15 is 0 Å². The third kappa shape index (κ3) is 1.99. The van der Waals surface area contributed by atoms with Crippen molar-refractivity contribution in [1.29, 1.82) is 0 Å². The zero-order valence-corrected chi connectivity index (χ0v) is 10.4. The van der Waals surface area contributed by atoms with Gasteiger partial charge in [-0.1, -0.05) is 0 Å². The van der Waals surface area contributed by atoms with Gasteiger partial charge in [0.2, 0.25) is 0 Å². The molecule has 0 saturated carbocycles. The van der Waals surface area contributed by atoms with Crippen molar-refractivity contribution in [1.82, 2.24) is 9.38 Å². The lowest BCUT2D eigenvalue weighted by Crippen LogP contribution is -2.15. The van der Waals surface area contributed by atoms with E-state index in [1.165, 1.54) is 0 Å². The highest BCUT2D eigenvalue weighted by Gasteiger charge is 2.15. The molecule has 0 radical (unpaired) electrons. The van der Waals surface area contributed by atoms with Gasteiger partial charge in [0, 0.05) is 26.0 Å². The molecule has 0 aliphatic carbocycles. The predicted molar refractivity (Wildman–Crippen MR) is 68.3 cm³/mol. The number of anilines is 1. The number of rotatable bonds is 3. The Labute approximate surface area is 100 Å². The van der Waals surface area contributed by atoms with Crippen molar-refractivity contribution in [2.24, 2.45) is 5.73 Å². The number of imidazole rings is 1. The second kappa shape index (κ2) is 4.35. The van der Waals surface area contributed by atoms with Gasteiger partial charge < -0.3 is 20.1 Å². The van der Waals surface area contributed by atoms with E-state index in [4.69, 9.17) is 10.8 Å². The second-order valence-corrected chi connectivity index (χ2v) is 4.37. The van der Waals surface area contributed by atoms with E-state index in [9.17, 15) is 0 Å². The van der Waals surface area contributed by atoms with Gasteiger partial charge >= 0.3 is 0 Å². The SMILES string of the molecule is Cc1nc(C(N)CO)c2cc(N(C)C)ccn12. The van der Waals surface area contributed by atoms with E-state index in [2.05, 4.69) is 4.98 Å². The first-order valence-electron chi connectivity index (χ1n) is 5.57. The molecule has 0 bridgehead atoms. The largest absolute Gasteiger partial charge is 0.394 e. The summed E-state index contributed by atoms with van der Waals surface area (Å²) >= 11 is 0. The van der Waals surface area contributed by atoms with E-state index in [-0.39, 0.29) is 6.61 Å². The van der Waals surface area contributed by atoms with Gasteiger partial charge in [0.25, 0.3) is 0 Å². The average Bonchev–Trinajstić information content (AvgIpc) is 2.65. The van der Waals surface area contributed by atoms with E-state index in [1.54, 1.807) is 0 Å². The van der Waals surface area contributed by atoms with Crippen molar-refractivity contribution in [3.05, 3.63) is 29.8 Å². The number of nitrogens with zero attached hydrogens (tertiary/aromatic N) is 3. The molecule has 0 aliphatic rings. The highest BCUT2D eigenvalue weighted by molar-refractivity contribution is 5.63. The summed E-state index contributed by atoms with van der Waals surface area (Å²) < 4.78 is 1.98. The van der Waals surface area contributed by atoms with Crippen molar-refractivity contribution in [2.45, 2.75) is 13.0 Å². The monoisotopic (exact) mass is 234 g/mol. The molecule has 3 N–H and O–H groups in total. The predicted octanol–water partition coefficient (Wildman–Crippen LogP) is 0.701. The van der Waals surface area contributed by atoms with Crippen molar-refractivity contribution in [3.8, 4) is 0 Å². The van der Waals surface area contributed by atoms with Gasteiger partial charge in [-0.05, 0) is 19.1 Å². The number of aryl methyl sites for hydroxylation is 1. The smallest absolute Gasteiger partial charge is 0.110 e. The number of aromatic nitrogens is 2. The fourth-order valence-electron chi connectivity index (χ4n) is 1.89. The first-order valence-corrected chi connectivity index (χ1v) is 5.57. The standard InChI is InChI=1S/C12H18N4O/c1-8-14-12(10(13)7-17)11-6-9(15(2)3)4-5-16(8)11/h4-6,10,17H,7,13H2,1-3H3. The number of pyridine rings is 1. The summed E-state index contributed by atoms with van der Waals surface area (Å²) in [6, 6.07) is 3.62. The fraction of sp³-hybridized carbons (Fsp3) is 0.417. The van der Waals surface area contributed by atoms with Gasteiger partial charge in [-0.3, -0.25) is 0 Å². The van der Waals surface area contributed by atoms with Gasteiger partial charge in [-0.15, -0.1) is 0 Å². The molecule has 0 aliphatic heterocycles. The summed E-state index contributed by atoms with van der Waals surface area (Å²) in [5.41, 5.74) is 8.65. The van der Waals surface area contributed by atoms with Crippen LogP contribution < -0.4 is 10.6 Å². The van der Waals surface area contributed by atoms with E-state index in [0.717, 1.165) is 22.7 Å². The van der Waals surface area contributed by atoms with E-state index < -0.39 is 6.04 Å². The third-order valence-electron chi connectivity index (χ3n) is 2.90. The number of hydrogen-bond acceptors (Lipinski definition) is 4. The zero-order chi connectivity index (χ0) is 12.6. The Morgan fingerprint density at radius 3 is 2.82 bits per heavy atom. The molecular formula is C12H18N4O. The van der Waals surface area contributed by atoms with Crippen LogP contribution in [-0.2, 0) is 0 Å². The molecule has 92 valence electrons. The lowest BCUT2D eigenvalue weighted by Gasteiger charge is -2.13. The van der Waals surface area contributed by atoms with Crippen molar-refractivity contribution < 1.29 is 5.11 Å². The summed E-state index contributed by atoms with van der Waals surface area (Å²) in [6.45, 7) is 1.83. The Hall–Kier alpha value is -1.59. The van der Waals surface area contributed by atoms with Crippen LogP contribution in [0.15, 0.2) is 18.3 Å². The minimum Gasteiger partial charge on any atom is -0.394 e. The lowest BCUT2D eigenvalue weighted by molar-refractivity contribution is 0.266. The number of aliphatic hydroxyl groups is 1. The van der Waals surface area contributed by atoms with Crippen molar-refractivity contribution >= 4 is 11.2 Å². The van der Waals surface area contributed by atoms with Crippen LogP contribution in [0.5, 0.6) is 0 Å². The Kier molecular flexibility index (Phi) is 3.04. The van der Waals surface area contributed by atoms with Crippen molar-refractivity contribution in [3.63, 3.8) is 0 Å². The summed E-state index contributed by atoms with van der Waals surface area (Å²) in [5.74, 6) is 0.879. The Bertz CT molecular complexity index is 533. The number of hydrogen-bond donors (Lipinski definition) is 2. The Balaban J connectivity index is 2.64. The van der Waals surface area contributed by atoms with Crippen LogP contribution in [0.3, 0.4) is 0 Å². The van der Waals surface area contributed by atoms with Gasteiger partial charge in [0.05, 0.1) is 23.9 Å². The van der Waals surface area contributed by atoms with Crippen LogP contribution in [-0.4, -0.2) is 35.2 Å². The quantitative estimate of drug-likeness (QED) is 0.820. The van der Waals surface area contributed by atoms with E-state index in [1.807, 2.05) is 48.6 Å². The molecule has 1 atom stereocenters. The zero-order valence-electron chi connectivity index (χ0n) is 10.4. The maximum Gasteiger partial charge on any atom is 0.110 e.